The quantitative estimate of drug-likeness (QED) is 0.640. The minimum atomic E-state index is -0.291. The molecule has 7 heteroatoms. The van der Waals surface area contributed by atoms with E-state index in [-0.39, 0.29) is 17.6 Å². The predicted octanol–water partition coefficient (Wildman–Crippen LogP) is 3.38. The Balaban J connectivity index is 1.51. The van der Waals surface area contributed by atoms with Crippen LogP contribution in [0.15, 0.2) is 64.2 Å². The van der Waals surface area contributed by atoms with Crippen LogP contribution in [0.1, 0.15) is 56.3 Å². The summed E-state index contributed by atoms with van der Waals surface area (Å²) in [5.41, 5.74) is 6.20. The van der Waals surface area contributed by atoms with Crippen LogP contribution in [-0.2, 0) is 13.0 Å². The monoisotopic (exact) mass is 402 g/mol. The SMILES string of the molecule is Cc1c(C(=O)NCc2ccccn2)oc2c1/C(=N/NC(=O)c1ccccc1)CCC2. The Bertz CT molecular complexity index is 1090. The third-order valence-electron chi connectivity index (χ3n) is 5.02. The van der Waals surface area contributed by atoms with Gasteiger partial charge < -0.3 is 9.73 Å². The van der Waals surface area contributed by atoms with E-state index in [1.54, 1.807) is 30.5 Å². The number of hydrogen-bond acceptors (Lipinski definition) is 5. The molecule has 0 radical (unpaired) electrons. The van der Waals surface area contributed by atoms with Crippen molar-refractivity contribution in [3.8, 4) is 0 Å². The van der Waals surface area contributed by atoms with Gasteiger partial charge >= 0.3 is 0 Å². The third kappa shape index (κ3) is 4.15. The number of carbonyl (C=O) groups excluding carboxylic acids is 2. The molecule has 2 N–H and O–H groups in total. The zero-order valence-corrected chi connectivity index (χ0v) is 16.6. The highest BCUT2D eigenvalue weighted by atomic mass is 16.4. The van der Waals surface area contributed by atoms with E-state index in [2.05, 4.69) is 20.8 Å². The number of carbonyl (C=O) groups is 2. The zero-order chi connectivity index (χ0) is 20.9. The molecule has 7 nitrogen and oxygen atoms in total. The van der Waals surface area contributed by atoms with Gasteiger partial charge in [-0.2, -0.15) is 5.10 Å². The third-order valence-corrected chi connectivity index (χ3v) is 5.02. The highest BCUT2D eigenvalue weighted by Gasteiger charge is 2.28. The number of aryl methyl sites for hydroxylation is 1. The largest absolute Gasteiger partial charge is 0.455 e. The lowest BCUT2D eigenvalue weighted by atomic mass is 9.93. The Morgan fingerprint density at radius 2 is 1.87 bits per heavy atom. The molecule has 152 valence electrons. The second-order valence-electron chi connectivity index (χ2n) is 7.08. The van der Waals surface area contributed by atoms with Crippen LogP contribution in [0.5, 0.6) is 0 Å². The number of furan rings is 1. The normalized spacial score (nSPS) is 14.2. The van der Waals surface area contributed by atoms with Crippen molar-refractivity contribution < 1.29 is 14.0 Å². The molecule has 1 aromatic carbocycles. The van der Waals surface area contributed by atoms with Gasteiger partial charge in [-0.25, -0.2) is 5.43 Å². The van der Waals surface area contributed by atoms with Gasteiger partial charge in [0.2, 0.25) is 0 Å². The molecule has 0 spiro atoms. The highest BCUT2D eigenvalue weighted by Crippen LogP contribution is 2.29. The van der Waals surface area contributed by atoms with Crippen molar-refractivity contribution in [1.82, 2.24) is 15.7 Å². The molecular weight excluding hydrogens is 380 g/mol. The maximum absolute atomic E-state index is 12.7. The van der Waals surface area contributed by atoms with Crippen molar-refractivity contribution in [3.05, 3.63) is 88.6 Å². The fraction of sp³-hybridized carbons (Fsp3) is 0.217. The van der Waals surface area contributed by atoms with E-state index in [4.69, 9.17) is 4.42 Å². The lowest BCUT2D eigenvalue weighted by Gasteiger charge is -2.13. The molecule has 0 atom stereocenters. The first kappa shape index (κ1) is 19.6. The van der Waals surface area contributed by atoms with E-state index < -0.39 is 0 Å². The number of benzene rings is 1. The van der Waals surface area contributed by atoms with E-state index in [0.717, 1.165) is 41.1 Å². The number of pyridine rings is 1. The second-order valence-corrected chi connectivity index (χ2v) is 7.08. The number of nitrogens with zero attached hydrogens (tertiary/aromatic N) is 2. The molecule has 1 aliphatic carbocycles. The first-order valence-electron chi connectivity index (χ1n) is 9.86. The summed E-state index contributed by atoms with van der Waals surface area (Å²) in [6.45, 7) is 2.16. The van der Waals surface area contributed by atoms with Crippen molar-refractivity contribution in [2.24, 2.45) is 5.10 Å². The molecule has 0 unspecified atom stereocenters. The second kappa shape index (κ2) is 8.73. The Morgan fingerprint density at radius 1 is 1.07 bits per heavy atom. The average molecular weight is 402 g/mol. The smallest absolute Gasteiger partial charge is 0.287 e. The van der Waals surface area contributed by atoms with Crippen molar-refractivity contribution in [2.75, 3.05) is 0 Å². The number of rotatable bonds is 5. The van der Waals surface area contributed by atoms with Crippen LogP contribution in [0.3, 0.4) is 0 Å². The van der Waals surface area contributed by atoms with Crippen molar-refractivity contribution in [1.29, 1.82) is 0 Å². The van der Waals surface area contributed by atoms with Gasteiger partial charge in [0.15, 0.2) is 5.76 Å². The van der Waals surface area contributed by atoms with E-state index >= 15 is 0 Å². The summed E-state index contributed by atoms with van der Waals surface area (Å²) in [4.78, 5) is 29.2. The number of aromatic nitrogens is 1. The van der Waals surface area contributed by atoms with Gasteiger partial charge in [-0.1, -0.05) is 24.3 Å². The zero-order valence-electron chi connectivity index (χ0n) is 16.6. The molecule has 0 fully saturated rings. The average Bonchev–Trinajstić information content (AvgIpc) is 3.14. The number of nitrogens with one attached hydrogen (secondary N) is 2. The molecule has 3 aromatic rings. The summed E-state index contributed by atoms with van der Waals surface area (Å²) in [6.07, 6.45) is 3.96. The molecule has 4 rings (SSSR count). The van der Waals surface area contributed by atoms with Gasteiger partial charge in [-0.3, -0.25) is 14.6 Å². The van der Waals surface area contributed by atoms with Gasteiger partial charge in [0.25, 0.3) is 11.8 Å². The lowest BCUT2D eigenvalue weighted by Crippen LogP contribution is -2.24. The summed E-state index contributed by atoms with van der Waals surface area (Å²) in [5, 5.41) is 7.19. The molecule has 0 saturated heterocycles. The van der Waals surface area contributed by atoms with Crippen molar-refractivity contribution in [3.63, 3.8) is 0 Å². The Labute approximate surface area is 174 Å². The first-order chi connectivity index (χ1) is 14.6. The Hall–Kier alpha value is -3.74. The summed E-state index contributed by atoms with van der Waals surface area (Å²) in [7, 11) is 0. The van der Waals surface area contributed by atoms with E-state index in [0.29, 0.717) is 18.5 Å². The fourth-order valence-electron chi connectivity index (χ4n) is 3.52. The minimum absolute atomic E-state index is 0.273. The van der Waals surface area contributed by atoms with Gasteiger partial charge in [0.05, 0.1) is 18.0 Å². The summed E-state index contributed by atoms with van der Waals surface area (Å²) in [5.74, 6) is 0.444. The maximum Gasteiger partial charge on any atom is 0.287 e. The van der Waals surface area contributed by atoms with Crippen LogP contribution in [-0.4, -0.2) is 22.5 Å². The molecule has 1 aliphatic rings. The van der Waals surface area contributed by atoms with Crippen molar-refractivity contribution in [2.45, 2.75) is 32.7 Å². The van der Waals surface area contributed by atoms with Crippen molar-refractivity contribution >= 4 is 17.5 Å². The molecule has 0 saturated carbocycles. The summed E-state index contributed by atoms with van der Waals surface area (Å²) >= 11 is 0. The Morgan fingerprint density at radius 3 is 2.63 bits per heavy atom. The number of fused-ring (bicyclic) bond motifs is 1. The minimum Gasteiger partial charge on any atom is -0.455 e. The van der Waals surface area contributed by atoms with Crippen LogP contribution in [0.2, 0.25) is 0 Å². The van der Waals surface area contributed by atoms with Gasteiger partial charge in [-0.15, -0.1) is 0 Å². The lowest BCUT2D eigenvalue weighted by molar-refractivity contribution is 0.0918. The van der Waals surface area contributed by atoms with Gasteiger partial charge in [-0.05, 0) is 44.0 Å². The fourth-order valence-corrected chi connectivity index (χ4v) is 3.52. The molecule has 2 aromatic heterocycles. The number of hydrogen-bond donors (Lipinski definition) is 2. The van der Waals surface area contributed by atoms with Gasteiger partial charge in [0.1, 0.15) is 5.76 Å². The molecule has 0 bridgehead atoms. The number of amides is 2. The Kier molecular flexibility index (Phi) is 5.70. The molecule has 2 amide bonds. The maximum atomic E-state index is 12.7. The van der Waals surface area contributed by atoms with E-state index in [1.807, 2.05) is 31.2 Å². The summed E-state index contributed by atoms with van der Waals surface area (Å²) < 4.78 is 5.88. The highest BCUT2D eigenvalue weighted by molar-refractivity contribution is 6.07. The first-order valence-corrected chi connectivity index (χ1v) is 9.86. The van der Waals surface area contributed by atoms with Crippen LogP contribution >= 0.6 is 0 Å². The van der Waals surface area contributed by atoms with Gasteiger partial charge in [0, 0.05) is 29.3 Å². The number of hydrazone groups is 1. The van der Waals surface area contributed by atoms with Crippen LogP contribution < -0.4 is 10.7 Å². The van der Waals surface area contributed by atoms with Crippen LogP contribution in [0, 0.1) is 6.92 Å². The molecular formula is C23H22N4O3. The van der Waals surface area contributed by atoms with E-state index in [1.165, 1.54) is 0 Å². The standard InChI is InChI=1S/C23H22N4O3/c1-15-20-18(26-27-22(28)16-8-3-2-4-9-16)11-7-12-19(20)30-21(15)23(29)25-14-17-10-5-6-13-24-17/h2-6,8-10,13H,7,11-12,14H2,1H3,(H,25,29)(H,27,28)/b26-18+. The summed E-state index contributed by atoms with van der Waals surface area (Å²) in [6, 6.07) is 14.5. The predicted molar refractivity (Wildman–Crippen MR) is 112 cm³/mol. The van der Waals surface area contributed by atoms with E-state index in [9.17, 15) is 9.59 Å². The van der Waals surface area contributed by atoms with Crippen LogP contribution in [0.25, 0.3) is 0 Å². The molecule has 2 heterocycles. The van der Waals surface area contributed by atoms with Crippen LogP contribution in [0.4, 0.5) is 0 Å². The molecule has 30 heavy (non-hydrogen) atoms. The molecule has 0 aliphatic heterocycles. The topological polar surface area (TPSA) is 96.6 Å².